The molecule has 0 spiro atoms. The second-order valence-corrected chi connectivity index (χ2v) is 22.0. The number of carbonyl (C=O) groups excluding carboxylic acids is 7. The minimum absolute atomic E-state index is 0.0705. The quantitative estimate of drug-likeness (QED) is 0.0340. The van der Waals surface area contributed by atoms with Crippen LogP contribution in [0.2, 0.25) is 0 Å². The first-order valence-corrected chi connectivity index (χ1v) is 27.9. The number of ketones is 2. The Morgan fingerprint density at radius 2 is 1.68 bits per heavy atom. The summed E-state index contributed by atoms with van der Waals surface area (Å²) >= 11 is 0. The Morgan fingerprint density at radius 3 is 2.34 bits per heavy atom. The largest absolute Gasteiger partial charge is 0.492 e. The number of aromatic nitrogens is 3. The number of imide groups is 1. The van der Waals surface area contributed by atoms with Gasteiger partial charge in [-0.3, -0.25) is 38.9 Å². The topological polar surface area (TPSA) is 271 Å². The Morgan fingerprint density at radius 1 is 0.961 bits per heavy atom. The number of Topliss-reactive ketones (excluding diaryl/α,β-unsaturated/α-hetero) is 2. The first kappa shape index (κ1) is 57.0. The number of esters is 1. The molecular formula is C57H68N8O11S. The molecule has 20 heteroatoms. The molecule has 4 aromatic rings. The smallest absolute Gasteiger partial charge is 0.373 e. The Hall–Kier alpha value is -7.70. The van der Waals surface area contributed by atoms with Crippen molar-refractivity contribution in [1.29, 1.82) is 0 Å². The number of carbonyl (C=O) groups is 5. The van der Waals surface area contributed by atoms with Crippen LogP contribution >= 0.6 is 0 Å². The fourth-order valence-electron chi connectivity index (χ4n) is 10.8. The van der Waals surface area contributed by atoms with Crippen LogP contribution in [0.1, 0.15) is 137 Å². The number of aromatic amines is 3. The molecule has 2 amide bonds. The Kier molecular flexibility index (Phi) is 18.5. The van der Waals surface area contributed by atoms with Crippen LogP contribution < -0.4 is 26.1 Å². The van der Waals surface area contributed by atoms with E-state index in [9.17, 15) is 32.4 Å². The van der Waals surface area contributed by atoms with Gasteiger partial charge < -0.3 is 35.1 Å². The fourth-order valence-corrected chi connectivity index (χ4v) is 12.4. The van der Waals surface area contributed by atoms with E-state index in [1.165, 1.54) is 0 Å². The number of nitrogens with zero attached hydrogens (tertiary/aromatic N) is 3. The summed E-state index contributed by atoms with van der Waals surface area (Å²) in [6, 6.07) is 6.60. The SMILES string of the molecule is C=Cc1c2[nH]c(c1C)C=C1N=C(C3C(=O)N(CC(=O)CCCS(=O)(=O)C[C@@H](CCC(=O)c4ccc(OCCNC5=NCCCN5)cc4)C(=O)OC)C(=O)c4c3[nH]c(c4C)C=c3[nH]c(c(C)c3CC)=C2)[C@@H](CC)[C@@H]1C.O=C=O. The maximum atomic E-state index is 15.0. The summed E-state index contributed by atoms with van der Waals surface area (Å²) in [6.45, 7) is 18.3. The molecule has 8 rings (SSSR count). The Balaban J connectivity index is 0.00000280. The number of fused-ring (bicyclic) bond motifs is 7. The van der Waals surface area contributed by atoms with E-state index < -0.39 is 63.3 Å². The molecule has 7 heterocycles. The van der Waals surface area contributed by atoms with Gasteiger partial charge in [0.2, 0.25) is 5.91 Å². The number of H-pyrrole nitrogens is 3. The van der Waals surface area contributed by atoms with Gasteiger partial charge in [0.05, 0.1) is 43.2 Å². The van der Waals surface area contributed by atoms with E-state index in [0.29, 0.717) is 59.1 Å². The van der Waals surface area contributed by atoms with E-state index >= 15 is 0 Å². The van der Waals surface area contributed by atoms with Crippen molar-refractivity contribution < 1.29 is 51.5 Å². The van der Waals surface area contributed by atoms with Gasteiger partial charge in [0.1, 0.15) is 18.3 Å². The number of sulfone groups is 1. The van der Waals surface area contributed by atoms with E-state index in [4.69, 9.17) is 24.1 Å². The summed E-state index contributed by atoms with van der Waals surface area (Å²) in [5.41, 5.74) is 9.69. The van der Waals surface area contributed by atoms with Crippen molar-refractivity contribution >= 4 is 81.3 Å². The molecular weight excluding hydrogens is 1000 g/mol. The molecule has 408 valence electrons. The zero-order valence-corrected chi connectivity index (χ0v) is 45.6. The molecule has 0 radical (unpaired) electrons. The number of methoxy groups -OCH3 is 1. The highest BCUT2D eigenvalue weighted by atomic mass is 32.2. The lowest BCUT2D eigenvalue weighted by Gasteiger charge is -2.32. The third-order valence-electron chi connectivity index (χ3n) is 15.0. The van der Waals surface area contributed by atoms with Crippen LogP contribution in [0, 0.1) is 38.5 Å². The minimum Gasteiger partial charge on any atom is -0.492 e. The van der Waals surface area contributed by atoms with E-state index in [0.717, 1.165) is 93.9 Å². The first-order chi connectivity index (χ1) is 36.9. The third-order valence-corrected chi connectivity index (χ3v) is 16.8. The lowest BCUT2D eigenvalue weighted by atomic mass is 9.79. The summed E-state index contributed by atoms with van der Waals surface area (Å²) < 4.78 is 37.8. The molecule has 0 fully saturated rings. The van der Waals surface area contributed by atoms with Crippen LogP contribution in [0.4, 0.5) is 0 Å². The highest BCUT2D eigenvalue weighted by Gasteiger charge is 2.48. The summed E-state index contributed by atoms with van der Waals surface area (Å²) in [4.78, 5) is 107. The van der Waals surface area contributed by atoms with Crippen LogP contribution in [0.25, 0.3) is 24.3 Å². The molecule has 19 nitrogen and oxygen atoms in total. The molecule has 77 heavy (non-hydrogen) atoms. The highest BCUT2D eigenvalue weighted by Crippen LogP contribution is 2.43. The number of benzene rings is 1. The lowest BCUT2D eigenvalue weighted by molar-refractivity contribution is -0.191. The van der Waals surface area contributed by atoms with Crippen LogP contribution in [0.15, 0.2) is 46.5 Å². The molecule has 8 bridgehead atoms. The standard InChI is InChI=1S/C56H68N8O9S.CO2/c1-9-39-31(4)42-26-44-33(6)41(11-3)51(62-44)50-52-49(34(7)45(63-52)28-47-40(10-2)32(5)43(61-47)27-46(39)60-42)53(67)64(54(50)68)29-37(65)14-12-25-74(70,71)30-36(55(69)72-8)17-20-48(66)35-15-18-38(19-16-35)73-24-23-59-56-57-21-13-22-58-56;2-1-3/h9,15-16,18-19,26-28,33,36,41,50,60-61,63H,1,10-14,17,20-25,29-30H2,2-8H3,(H2,57,58,59);/t33-,36+,41-,50?;/m0./s1. The number of hydrogen-bond acceptors (Lipinski definition) is 15. The maximum Gasteiger partial charge on any atom is 0.373 e. The number of nitrogens with one attached hydrogen (secondary N) is 5. The number of aliphatic imine (C=N–C) groups is 2. The predicted molar refractivity (Wildman–Crippen MR) is 291 cm³/mol. The fraction of sp³-hybridized carbons (Fsp3) is 0.439. The van der Waals surface area contributed by atoms with E-state index in [-0.39, 0.29) is 49.5 Å². The number of hydrogen-bond donors (Lipinski definition) is 5. The van der Waals surface area contributed by atoms with Gasteiger partial charge in [-0.25, -0.2) is 8.42 Å². The van der Waals surface area contributed by atoms with Crippen LogP contribution in [-0.4, -0.2) is 127 Å². The van der Waals surface area contributed by atoms with E-state index in [1.54, 1.807) is 24.3 Å². The number of amides is 2. The van der Waals surface area contributed by atoms with Crippen molar-refractivity contribution in [3.05, 3.63) is 109 Å². The van der Waals surface area contributed by atoms with Gasteiger partial charge >= 0.3 is 12.1 Å². The molecule has 0 saturated carbocycles. The number of allylic oxidation sites excluding steroid dienone is 1. The summed E-state index contributed by atoms with van der Waals surface area (Å²) in [5, 5.41) is 8.14. The van der Waals surface area contributed by atoms with Crippen LogP contribution in [-0.2, 0) is 45.0 Å². The van der Waals surface area contributed by atoms with Crippen molar-refractivity contribution in [2.75, 3.05) is 51.4 Å². The van der Waals surface area contributed by atoms with Crippen molar-refractivity contribution in [2.45, 2.75) is 92.4 Å². The molecule has 1 unspecified atom stereocenters. The van der Waals surface area contributed by atoms with Gasteiger partial charge in [-0.15, -0.1) is 0 Å². The number of rotatable bonds is 20. The van der Waals surface area contributed by atoms with Crippen molar-refractivity contribution in [3.63, 3.8) is 0 Å². The highest BCUT2D eigenvalue weighted by molar-refractivity contribution is 7.91. The van der Waals surface area contributed by atoms with Crippen molar-refractivity contribution in [1.82, 2.24) is 30.5 Å². The summed E-state index contributed by atoms with van der Waals surface area (Å²) in [7, 11) is -2.78. The second-order valence-electron chi connectivity index (χ2n) is 19.7. The van der Waals surface area contributed by atoms with Crippen molar-refractivity contribution in [2.24, 2.45) is 27.7 Å². The molecule has 0 aliphatic carbocycles. The number of ether oxygens (including phenoxy) is 2. The van der Waals surface area contributed by atoms with Gasteiger partial charge in [-0.1, -0.05) is 33.4 Å². The molecule has 3 aromatic heterocycles. The second kappa shape index (κ2) is 25.0. The first-order valence-electron chi connectivity index (χ1n) is 26.1. The third kappa shape index (κ3) is 12.6. The van der Waals surface area contributed by atoms with Gasteiger partial charge in [-0.2, -0.15) is 9.59 Å². The Labute approximate surface area is 447 Å². The van der Waals surface area contributed by atoms with Crippen molar-refractivity contribution in [3.8, 4) is 5.75 Å². The molecule has 4 aliphatic rings. The lowest BCUT2D eigenvalue weighted by Crippen LogP contribution is -2.49. The van der Waals surface area contributed by atoms with E-state index in [2.05, 4.69) is 64.0 Å². The van der Waals surface area contributed by atoms with Gasteiger partial charge in [0.25, 0.3) is 5.91 Å². The zero-order chi connectivity index (χ0) is 55.7. The molecule has 5 N–H and O–H groups in total. The van der Waals surface area contributed by atoms with Crippen LogP contribution in [0.5, 0.6) is 5.75 Å². The molecule has 1 aromatic carbocycles. The minimum atomic E-state index is -3.94. The predicted octanol–water partition coefficient (Wildman–Crippen LogP) is 4.95. The monoisotopic (exact) mass is 1070 g/mol. The average Bonchev–Trinajstić information content (AvgIpc) is 4.15. The van der Waals surface area contributed by atoms with Gasteiger partial charge in [-0.05, 0) is 118 Å². The normalized spacial score (nSPS) is 17.9. The molecule has 4 atom stereocenters. The summed E-state index contributed by atoms with van der Waals surface area (Å²) in [6.07, 6.45) is 10.0. The molecule has 4 aliphatic heterocycles. The summed E-state index contributed by atoms with van der Waals surface area (Å²) in [5.74, 6) is -4.82. The maximum absolute atomic E-state index is 15.0. The average molecular weight is 1070 g/mol. The van der Waals surface area contributed by atoms with E-state index in [1.807, 2.05) is 39.0 Å². The number of guanidine groups is 1. The van der Waals surface area contributed by atoms with Crippen LogP contribution in [0.3, 0.4) is 0 Å². The van der Waals surface area contributed by atoms with Gasteiger partial charge in [0.15, 0.2) is 27.4 Å². The molecule has 0 saturated heterocycles. The Bertz CT molecular complexity index is 3330. The van der Waals surface area contributed by atoms with Gasteiger partial charge in [0, 0.05) is 93.8 Å². The zero-order valence-electron chi connectivity index (χ0n) is 44.8.